The van der Waals surface area contributed by atoms with Gasteiger partial charge >= 0.3 is 5.97 Å². The van der Waals surface area contributed by atoms with Crippen molar-refractivity contribution in [2.75, 3.05) is 38.1 Å². The smallest absolute Gasteiger partial charge is 0.374 e. The Morgan fingerprint density at radius 3 is 2.59 bits per heavy atom. The van der Waals surface area contributed by atoms with E-state index < -0.39 is 5.97 Å². The molecule has 0 aliphatic carbocycles. The normalized spacial score (nSPS) is 16.0. The Morgan fingerprint density at radius 2 is 2.00 bits per heavy atom. The number of nitrogens with zero attached hydrogens (tertiary/aromatic N) is 3. The first kappa shape index (κ1) is 14.5. The molecule has 1 aliphatic rings. The van der Waals surface area contributed by atoms with Crippen molar-refractivity contribution in [1.29, 1.82) is 0 Å². The molecule has 7 heteroatoms. The minimum Gasteiger partial charge on any atom is -0.475 e. The quantitative estimate of drug-likeness (QED) is 0.934. The van der Waals surface area contributed by atoms with E-state index in [2.05, 4.69) is 10.1 Å². The fourth-order valence-corrected chi connectivity index (χ4v) is 2.48. The van der Waals surface area contributed by atoms with E-state index in [1.807, 2.05) is 11.9 Å². The summed E-state index contributed by atoms with van der Waals surface area (Å²) in [6.45, 7) is 3.35. The van der Waals surface area contributed by atoms with Crippen LogP contribution in [0.5, 0.6) is 0 Å². The number of hydrogen-bond acceptors (Lipinski definition) is 5. The van der Waals surface area contributed by atoms with Gasteiger partial charge in [0.1, 0.15) is 11.5 Å². The molecule has 1 fully saturated rings. The van der Waals surface area contributed by atoms with Gasteiger partial charge in [0.05, 0.1) is 5.69 Å². The van der Waals surface area contributed by atoms with Crippen LogP contribution in [0.15, 0.2) is 28.8 Å². The number of aromatic carboxylic acids is 1. The lowest BCUT2D eigenvalue weighted by molar-refractivity contribution is 0.0652. The Bertz CT molecular complexity index is 693. The van der Waals surface area contributed by atoms with Gasteiger partial charge in [0.15, 0.2) is 0 Å². The summed E-state index contributed by atoms with van der Waals surface area (Å²) in [6, 6.07) is 6.06. The zero-order valence-corrected chi connectivity index (χ0v) is 12.1. The van der Waals surface area contributed by atoms with Gasteiger partial charge in [0, 0.05) is 37.8 Å². The molecule has 1 N–H and O–H groups in total. The first-order valence-electron chi connectivity index (χ1n) is 6.98. The van der Waals surface area contributed by atoms with Crippen molar-refractivity contribution in [3.05, 3.63) is 35.8 Å². The van der Waals surface area contributed by atoms with Crippen LogP contribution < -0.4 is 4.90 Å². The van der Waals surface area contributed by atoms with Crippen LogP contribution in [0.25, 0.3) is 11.3 Å². The van der Waals surface area contributed by atoms with Crippen LogP contribution in [0.4, 0.5) is 10.1 Å². The van der Waals surface area contributed by atoms with Gasteiger partial charge in [-0.2, -0.15) is 0 Å². The topological polar surface area (TPSA) is 69.8 Å². The zero-order chi connectivity index (χ0) is 15.7. The Morgan fingerprint density at radius 1 is 1.27 bits per heavy atom. The maximum atomic E-state index is 14.4. The number of carboxylic acid groups (broad SMARTS) is 1. The first-order chi connectivity index (χ1) is 10.5. The summed E-state index contributed by atoms with van der Waals surface area (Å²) in [5.41, 5.74) is 1.35. The summed E-state index contributed by atoms with van der Waals surface area (Å²) in [4.78, 5) is 15.0. The van der Waals surface area contributed by atoms with E-state index in [4.69, 9.17) is 9.63 Å². The zero-order valence-electron chi connectivity index (χ0n) is 12.1. The van der Waals surface area contributed by atoms with E-state index in [1.54, 1.807) is 12.1 Å². The highest BCUT2D eigenvalue weighted by Crippen LogP contribution is 2.27. The maximum Gasteiger partial charge on any atom is 0.374 e. The van der Waals surface area contributed by atoms with E-state index >= 15 is 0 Å². The molecule has 2 aromatic rings. The second kappa shape index (κ2) is 5.76. The summed E-state index contributed by atoms with van der Waals surface area (Å²) in [5, 5.41) is 12.5. The van der Waals surface area contributed by atoms with Gasteiger partial charge in [-0.05, 0) is 19.2 Å². The molecule has 0 radical (unpaired) electrons. The molecular formula is C15H16FN3O3. The molecular weight excluding hydrogens is 289 g/mol. The fourth-order valence-electron chi connectivity index (χ4n) is 2.48. The molecule has 0 bridgehead atoms. The minimum absolute atomic E-state index is 0.265. The molecule has 0 spiro atoms. The maximum absolute atomic E-state index is 14.4. The van der Waals surface area contributed by atoms with Crippen LogP contribution in [0.1, 0.15) is 10.6 Å². The lowest BCUT2D eigenvalue weighted by Crippen LogP contribution is -2.44. The molecule has 1 aromatic heterocycles. The van der Waals surface area contributed by atoms with Crippen LogP contribution in [-0.4, -0.2) is 54.4 Å². The lowest BCUT2D eigenvalue weighted by Gasteiger charge is -2.34. The largest absolute Gasteiger partial charge is 0.475 e. The molecule has 1 aromatic carbocycles. The molecule has 0 saturated carbocycles. The molecule has 6 nitrogen and oxygen atoms in total. The van der Waals surface area contributed by atoms with Crippen molar-refractivity contribution in [2.45, 2.75) is 0 Å². The number of carboxylic acids is 1. The number of aromatic nitrogens is 1. The fraction of sp³-hybridized carbons (Fsp3) is 0.333. The summed E-state index contributed by atoms with van der Waals surface area (Å²) in [6.07, 6.45) is 0. The van der Waals surface area contributed by atoms with Crippen molar-refractivity contribution in [3.63, 3.8) is 0 Å². The number of hydrogen-bond donors (Lipinski definition) is 1. The predicted octanol–water partition coefficient (Wildman–Crippen LogP) is 1.93. The molecule has 1 saturated heterocycles. The summed E-state index contributed by atoms with van der Waals surface area (Å²) >= 11 is 0. The molecule has 1 aliphatic heterocycles. The van der Waals surface area contributed by atoms with Gasteiger partial charge in [-0.1, -0.05) is 11.2 Å². The van der Waals surface area contributed by atoms with Crippen LogP contribution >= 0.6 is 0 Å². The highest BCUT2D eigenvalue weighted by Gasteiger charge is 2.19. The van der Waals surface area contributed by atoms with E-state index in [-0.39, 0.29) is 11.6 Å². The van der Waals surface area contributed by atoms with Crippen LogP contribution in [0.2, 0.25) is 0 Å². The third kappa shape index (κ3) is 2.80. The third-order valence-electron chi connectivity index (χ3n) is 3.81. The van der Waals surface area contributed by atoms with Crippen LogP contribution in [0.3, 0.4) is 0 Å². The average molecular weight is 305 g/mol. The minimum atomic E-state index is -1.20. The van der Waals surface area contributed by atoms with E-state index in [0.29, 0.717) is 16.9 Å². The number of halogens is 1. The Labute approximate surface area is 126 Å². The van der Waals surface area contributed by atoms with Gasteiger partial charge < -0.3 is 19.4 Å². The molecule has 0 atom stereocenters. The standard InChI is InChI=1S/C15H16FN3O3/c1-18-4-6-19(7-5-18)13-3-2-10(8-11(13)16)12-9-14(15(20)21)22-17-12/h2-3,8-9H,4-7H2,1H3,(H,20,21). The van der Waals surface area contributed by atoms with Crippen molar-refractivity contribution < 1.29 is 18.8 Å². The average Bonchev–Trinajstić information content (AvgIpc) is 2.98. The second-order valence-electron chi connectivity index (χ2n) is 5.34. The summed E-state index contributed by atoms with van der Waals surface area (Å²) < 4.78 is 19.0. The number of benzene rings is 1. The van der Waals surface area contributed by atoms with Crippen molar-refractivity contribution in [1.82, 2.24) is 10.1 Å². The molecule has 116 valence electrons. The SMILES string of the molecule is CN1CCN(c2ccc(-c3cc(C(=O)O)on3)cc2F)CC1. The number of anilines is 1. The van der Waals surface area contributed by atoms with Gasteiger partial charge in [0.25, 0.3) is 0 Å². The molecule has 3 rings (SSSR count). The Kier molecular flexibility index (Phi) is 3.81. The van der Waals surface area contributed by atoms with Crippen molar-refractivity contribution in [2.24, 2.45) is 0 Å². The number of piperazine rings is 1. The predicted molar refractivity (Wildman–Crippen MR) is 78.6 cm³/mol. The highest BCUT2D eigenvalue weighted by atomic mass is 19.1. The van der Waals surface area contributed by atoms with E-state index in [0.717, 1.165) is 26.2 Å². The van der Waals surface area contributed by atoms with E-state index in [9.17, 15) is 9.18 Å². The monoisotopic (exact) mass is 305 g/mol. The Hall–Kier alpha value is -2.41. The molecule has 2 heterocycles. The number of likely N-dealkylation sites (N-methyl/N-ethyl adjacent to an activating group) is 1. The number of carbonyl (C=O) groups is 1. The van der Waals surface area contributed by atoms with Crippen molar-refractivity contribution in [3.8, 4) is 11.3 Å². The summed E-state index contributed by atoms with van der Waals surface area (Å²) in [5.74, 6) is -1.81. The van der Waals surface area contributed by atoms with Gasteiger partial charge in [0.2, 0.25) is 5.76 Å². The first-order valence-corrected chi connectivity index (χ1v) is 6.98. The van der Waals surface area contributed by atoms with Gasteiger partial charge in [-0.25, -0.2) is 9.18 Å². The lowest BCUT2D eigenvalue weighted by atomic mass is 10.1. The molecule has 0 unspecified atom stereocenters. The third-order valence-corrected chi connectivity index (χ3v) is 3.81. The van der Waals surface area contributed by atoms with Gasteiger partial charge in [-0.3, -0.25) is 0 Å². The summed E-state index contributed by atoms with van der Waals surface area (Å²) in [7, 11) is 2.04. The number of rotatable bonds is 3. The molecule has 0 amide bonds. The molecule has 22 heavy (non-hydrogen) atoms. The van der Waals surface area contributed by atoms with E-state index in [1.165, 1.54) is 12.1 Å². The van der Waals surface area contributed by atoms with Crippen LogP contribution in [0, 0.1) is 5.82 Å². The van der Waals surface area contributed by atoms with Crippen LogP contribution in [-0.2, 0) is 0 Å². The Balaban J connectivity index is 1.83. The highest BCUT2D eigenvalue weighted by molar-refractivity contribution is 5.85. The van der Waals surface area contributed by atoms with Gasteiger partial charge in [-0.15, -0.1) is 0 Å². The van der Waals surface area contributed by atoms with Crippen molar-refractivity contribution >= 4 is 11.7 Å². The second-order valence-corrected chi connectivity index (χ2v) is 5.34.